The van der Waals surface area contributed by atoms with Gasteiger partial charge in [0, 0.05) is 37.7 Å². The summed E-state index contributed by atoms with van der Waals surface area (Å²) >= 11 is 0. The van der Waals surface area contributed by atoms with Gasteiger partial charge in [-0.2, -0.15) is 0 Å². The van der Waals surface area contributed by atoms with Gasteiger partial charge in [0.1, 0.15) is 0 Å². The van der Waals surface area contributed by atoms with Crippen LogP contribution in [0.15, 0.2) is 24.3 Å². The number of hydrogen-bond donors (Lipinski definition) is 2. The minimum Gasteiger partial charge on any atom is -0.336 e. The third-order valence-electron chi connectivity index (χ3n) is 3.77. The van der Waals surface area contributed by atoms with Crippen molar-refractivity contribution < 1.29 is 9.59 Å². The molecule has 2 amide bonds. The Morgan fingerprint density at radius 3 is 2.43 bits per heavy atom. The molecular weight excluding hydrogens is 266 g/mol. The quantitative estimate of drug-likeness (QED) is 0.837. The molecule has 3 N–H and O–H groups in total. The van der Waals surface area contributed by atoms with Crippen molar-refractivity contribution in [3.05, 3.63) is 29.8 Å². The van der Waals surface area contributed by atoms with Gasteiger partial charge in [0.15, 0.2) is 0 Å². The average Bonchev–Trinajstić information content (AvgIpc) is 3.29. The summed E-state index contributed by atoms with van der Waals surface area (Å²) in [6.45, 7) is 4.37. The summed E-state index contributed by atoms with van der Waals surface area (Å²) in [6, 6.07) is 8.03. The lowest BCUT2D eigenvalue weighted by molar-refractivity contribution is -0.130. The number of carbonyl (C=O) groups excluding carboxylic acids is 2. The van der Waals surface area contributed by atoms with Crippen LogP contribution in [0, 0.1) is 5.92 Å². The fraction of sp³-hybridized carbons (Fsp3) is 0.500. The zero-order valence-corrected chi connectivity index (χ0v) is 12.6. The van der Waals surface area contributed by atoms with Crippen LogP contribution in [0.3, 0.4) is 0 Å². The van der Waals surface area contributed by atoms with Gasteiger partial charge in [-0.1, -0.05) is 19.1 Å². The lowest BCUT2D eigenvalue weighted by Gasteiger charge is -2.20. The molecule has 114 valence electrons. The third kappa shape index (κ3) is 4.29. The molecule has 1 saturated carbocycles. The fourth-order valence-electron chi connectivity index (χ4n) is 2.15. The number of amides is 2. The van der Waals surface area contributed by atoms with E-state index in [1.807, 2.05) is 29.2 Å². The summed E-state index contributed by atoms with van der Waals surface area (Å²) in [7, 11) is 0. The largest absolute Gasteiger partial charge is 0.336 e. The van der Waals surface area contributed by atoms with E-state index < -0.39 is 0 Å². The number of rotatable bonds is 6. The fourth-order valence-corrected chi connectivity index (χ4v) is 2.15. The summed E-state index contributed by atoms with van der Waals surface area (Å²) in [5.74, 6) is -0.159. The zero-order valence-electron chi connectivity index (χ0n) is 12.6. The predicted octanol–water partition coefficient (Wildman–Crippen LogP) is 1.73. The van der Waals surface area contributed by atoms with E-state index >= 15 is 0 Å². The van der Waals surface area contributed by atoms with Crippen LogP contribution in [0.25, 0.3) is 0 Å². The van der Waals surface area contributed by atoms with Crippen molar-refractivity contribution in [1.82, 2.24) is 4.90 Å². The Bertz CT molecular complexity index is 509. The van der Waals surface area contributed by atoms with Crippen LogP contribution in [-0.4, -0.2) is 29.3 Å². The maximum absolute atomic E-state index is 11.7. The number of hydrogen-bond acceptors (Lipinski definition) is 3. The summed E-state index contributed by atoms with van der Waals surface area (Å²) in [5.41, 5.74) is 7.30. The monoisotopic (exact) mass is 289 g/mol. The van der Waals surface area contributed by atoms with Crippen molar-refractivity contribution in [3.8, 4) is 0 Å². The van der Waals surface area contributed by atoms with Crippen molar-refractivity contribution in [3.63, 3.8) is 0 Å². The highest BCUT2D eigenvalue weighted by Crippen LogP contribution is 2.28. The first-order chi connectivity index (χ1) is 10.0. The van der Waals surface area contributed by atoms with E-state index in [1.165, 1.54) is 0 Å². The van der Waals surface area contributed by atoms with E-state index in [0.29, 0.717) is 19.1 Å². The molecule has 0 aliphatic heterocycles. The van der Waals surface area contributed by atoms with E-state index in [9.17, 15) is 9.59 Å². The lowest BCUT2D eigenvalue weighted by atomic mass is 10.1. The first kappa shape index (κ1) is 15.5. The first-order valence-electron chi connectivity index (χ1n) is 7.38. The van der Waals surface area contributed by atoms with Crippen LogP contribution in [0.4, 0.5) is 5.69 Å². The molecule has 1 unspecified atom stereocenters. The van der Waals surface area contributed by atoms with Crippen molar-refractivity contribution in [1.29, 1.82) is 0 Å². The number of nitrogens with zero attached hydrogens (tertiary/aromatic N) is 1. The molecular formula is C16H23N3O2. The maximum Gasteiger partial charge on any atom is 0.228 e. The number of nitrogens with two attached hydrogens (primary N) is 1. The second-order valence-electron chi connectivity index (χ2n) is 5.70. The molecule has 21 heavy (non-hydrogen) atoms. The van der Waals surface area contributed by atoms with Gasteiger partial charge in [0.25, 0.3) is 0 Å². The van der Waals surface area contributed by atoms with Crippen LogP contribution in [-0.2, 0) is 16.1 Å². The van der Waals surface area contributed by atoms with Crippen molar-refractivity contribution >= 4 is 17.5 Å². The van der Waals surface area contributed by atoms with Gasteiger partial charge in [-0.25, -0.2) is 0 Å². The minimum atomic E-state index is -0.201. The molecule has 0 bridgehead atoms. The molecule has 5 heteroatoms. The van der Waals surface area contributed by atoms with Gasteiger partial charge in [-0.15, -0.1) is 0 Å². The van der Waals surface area contributed by atoms with Gasteiger partial charge >= 0.3 is 0 Å². The Morgan fingerprint density at radius 2 is 1.95 bits per heavy atom. The molecule has 0 spiro atoms. The SMILES string of the molecule is CC(=O)N(Cc1ccc(NC(=O)C(C)CN)cc1)C1CC1. The Kier molecular flexibility index (Phi) is 4.96. The molecule has 0 radical (unpaired) electrons. The highest BCUT2D eigenvalue weighted by molar-refractivity contribution is 5.92. The number of benzene rings is 1. The Morgan fingerprint density at radius 1 is 1.33 bits per heavy atom. The van der Waals surface area contributed by atoms with Gasteiger partial charge < -0.3 is 16.0 Å². The highest BCUT2D eigenvalue weighted by Gasteiger charge is 2.30. The summed E-state index contributed by atoms with van der Waals surface area (Å²) in [6.07, 6.45) is 2.20. The van der Waals surface area contributed by atoms with Gasteiger partial charge in [-0.05, 0) is 30.5 Å². The van der Waals surface area contributed by atoms with E-state index in [4.69, 9.17) is 5.73 Å². The van der Waals surface area contributed by atoms with Crippen molar-refractivity contribution in [2.75, 3.05) is 11.9 Å². The molecule has 1 fully saturated rings. The lowest BCUT2D eigenvalue weighted by Crippen LogP contribution is -2.30. The molecule has 0 saturated heterocycles. The summed E-state index contributed by atoms with van der Waals surface area (Å²) in [5, 5.41) is 2.83. The second-order valence-corrected chi connectivity index (χ2v) is 5.70. The molecule has 1 aliphatic rings. The van der Waals surface area contributed by atoms with Crippen LogP contribution in [0.1, 0.15) is 32.3 Å². The summed E-state index contributed by atoms with van der Waals surface area (Å²) in [4.78, 5) is 25.3. The zero-order chi connectivity index (χ0) is 15.4. The van der Waals surface area contributed by atoms with E-state index in [2.05, 4.69) is 5.32 Å². The standard InChI is InChI=1S/C16H23N3O2/c1-11(9-17)16(21)18-14-5-3-13(4-6-14)10-19(12(2)20)15-7-8-15/h3-6,11,15H,7-10,17H2,1-2H3,(H,18,21). The molecule has 1 aromatic rings. The molecule has 0 heterocycles. The molecule has 1 atom stereocenters. The average molecular weight is 289 g/mol. The van der Waals surface area contributed by atoms with Crippen LogP contribution in [0.2, 0.25) is 0 Å². The highest BCUT2D eigenvalue weighted by atomic mass is 16.2. The Hall–Kier alpha value is -1.88. The van der Waals surface area contributed by atoms with E-state index in [-0.39, 0.29) is 17.7 Å². The number of anilines is 1. The van der Waals surface area contributed by atoms with Crippen molar-refractivity contribution in [2.24, 2.45) is 11.7 Å². The molecule has 2 rings (SSSR count). The molecule has 0 aromatic heterocycles. The van der Waals surface area contributed by atoms with Crippen LogP contribution < -0.4 is 11.1 Å². The van der Waals surface area contributed by atoms with Crippen LogP contribution >= 0.6 is 0 Å². The molecule has 5 nitrogen and oxygen atoms in total. The first-order valence-corrected chi connectivity index (χ1v) is 7.38. The van der Waals surface area contributed by atoms with Crippen LogP contribution in [0.5, 0.6) is 0 Å². The van der Waals surface area contributed by atoms with Gasteiger partial charge in [0.2, 0.25) is 11.8 Å². The van der Waals surface area contributed by atoms with E-state index in [0.717, 1.165) is 24.1 Å². The van der Waals surface area contributed by atoms with Gasteiger partial charge in [0.05, 0.1) is 0 Å². The second kappa shape index (κ2) is 6.72. The smallest absolute Gasteiger partial charge is 0.228 e. The number of nitrogens with one attached hydrogen (secondary N) is 1. The number of carbonyl (C=O) groups is 2. The molecule has 1 aromatic carbocycles. The van der Waals surface area contributed by atoms with Crippen molar-refractivity contribution in [2.45, 2.75) is 39.3 Å². The Balaban J connectivity index is 1.95. The maximum atomic E-state index is 11.7. The van der Waals surface area contributed by atoms with Gasteiger partial charge in [-0.3, -0.25) is 9.59 Å². The minimum absolute atomic E-state index is 0.0754. The summed E-state index contributed by atoms with van der Waals surface area (Å²) < 4.78 is 0. The van der Waals surface area contributed by atoms with E-state index in [1.54, 1.807) is 13.8 Å². The normalized spacial score (nSPS) is 15.4. The molecule has 1 aliphatic carbocycles. The Labute approximate surface area is 125 Å². The predicted molar refractivity (Wildman–Crippen MR) is 82.5 cm³/mol. The third-order valence-corrected chi connectivity index (χ3v) is 3.77. The topological polar surface area (TPSA) is 75.4 Å².